The van der Waals surface area contributed by atoms with Crippen LogP contribution in [0.25, 0.3) is 0 Å². The molecule has 2 rings (SSSR count). The first kappa shape index (κ1) is 12.1. The van der Waals surface area contributed by atoms with Crippen molar-refractivity contribution in [3.05, 3.63) is 41.9 Å². The zero-order valence-corrected chi connectivity index (χ0v) is 10.2. The van der Waals surface area contributed by atoms with Crippen molar-refractivity contribution in [3.8, 4) is 0 Å². The molecule has 0 spiro atoms. The zero-order valence-electron chi connectivity index (χ0n) is 10.2. The fourth-order valence-electron chi connectivity index (χ4n) is 1.58. The van der Waals surface area contributed by atoms with Gasteiger partial charge in [0.1, 0.15) is 11.4 Å². The molecule has 6 nitrogen and oxygen atoms in total. The highest BCUT2D eigenvalue weighted by molar-refractivity contribution is 5.94. The second-order valence-corrected chi connectivity index (χ2v) is 3.79. The highest BCUT2D eigenvalue weighted by Gasteiger charge is 2.15. The van der Waals surface area contributed by atoms with Crippen molar-refractivity contribution in [1.82, 2.24) is 15.2 Å². The molecule has 0 aliphatic rings. The normalized spacial score (nSPS) is 11.9. The summed E-state index contributed by atoms with van der Waals surface area (Å²) in [6.07, 6.45) is 5.13. The minimum atomic E-state index is -0.412. The highest BCUT2D eigenvalue weighted by atomic mass is 16.5. The maximum absolute atomic E-state index is 11.6. The van der Waals surface area contributed by atoms with Gasteiger partial charge in [-0.25, -0.2) is 9.78 Å². The molecule has 2 heterocycles. The van der Waals surface area contributed by atoms with Gasteiger partial charge >= 0.3 is 5.97 Å². The molecule has 0 radical (unpaired) electrons. The molecule has 1 unspecified atom stereocenters. The number of anilines is 1. The lowest BCUT2D eigenvalue weighted by atomic mass is 10.2. The van der Waals surface area contributed by atoms with Crippen molar-refractivity contribution in [3.63, 3.8) is 0 Å². The van der Waals surface area contributed by atoms with Crippen molar-refractivity contribution < 1.29 is 9.53 Å². The third-order valence-corrected chi connectivity index (χ3v) is 2.59. The number of pyridine rings is 1. The monoisotopic (exact) mass is 246 g/mol. The van der Waals surface area contributed by atoms with Crippen LogP contribution < -0.4 is 5.32 Å². The number of aromatic nitrogens is 3. The molecule has 1 atom stereocenters. The summed E-state index contributed by atoms with van der Waals surface area (Å²) in [5.41, 5.74) is 1.40. The van der Waals surface area contributed by atoms with E-state index >= 15 is 0 Å². The zero-order chi connectivity index (χ0) is 13.0. The van der Waals surface area contributed by atoms with E-state index in [1.165, 1.54) is 7.11 Å². The fraction of sp³-hybridized carbons (Fsp3) is 0.250. The molecule has 0 amide bonds. The molecule has 0 aliphatic carbocycles. The second-order valence-electron chi connectivity index (χ2n) is 3.79. The molecule has 94 valence electrons. The van der Waals surface area contributed by atoms with Gasteiger partial charge in [0.15, 0.2) is 0 Å². The average molecular weight is 246 g/mol. The summed E-state index contributed by atoms with van der Waals surface area (Å²) in [6, 6.07) is 3.35. The van der Waals surface area contributed by atoms with E-state index in [2.05, 4.69) is 20.5 Å². The third-order valence-electron chi connectivity index (χ3n) is 2.59. The standard InChI is InChI=1S/C12H14N4O2/c1-8(9-6-14-15-7-9)16-11-10(12(17)18-2)4-3-5-13-11/h3-8H,1-2H3,(H,13,16)(H,14,15). The summed E-state index contributed by atoms with van der Waals surface area (Å²) in [5.74, 6) is 0.0862. The Labute approximate surface area is 104 Å². The van der Waals surface area contributed by atoms with E-state index in [4.69, 9.17) is 4.74 Å². The average Bonchev–Trinajstić information content (AvgIpc) is 2.92. The van der Waals surface area contributed by atoms with Crippen LogP contribution in [0, 0.1) is 0 Å². The fourth-order valence-corrected chi connectivity index (χ4v) is 1.58. The minimum Gasteiger partial charge on any atom is -0.465 e. The molecule has 2 aromatic rings. The van der Waals surface area contributed by atoms with E-state index in [0.29, 0.717) is 11.4 Å². The maximum atomic E-state index is 11.6. The van der Waals surface area contributed by atoms with Gasteiger partial charge in [0.2, 0.25) is 0 Å². The summed E-state index contributed by atoms with van der Waals surface area (Å²) < 4.78 is 4.71. The lowest BCUT2D eigenvalue weighted by Gasteiger charge is -2.14. The summed E-state index contributed by atoms with van der Waals surface area (Å²) in [7, 11) is 1.35. The number of rotatable bonds is 4. The molecule has 0 saturated heterocycles. The number of carbonyl (C=O) groups is 1. The first-order valence-corrected chi connectivity index (χ1v) is 5.51. The molecule has 2 aromatic heterocycles. The van der Waals surface area contributed by atoms with Gasteiger partial charge in [0, 0.05) is 18.0 Å². The van der Waals surface area contributed by atoms with Crippen LogP contribution >= 0.6 is 0 Å². The Kier molecular flexibility index (Phi) is 3.57. The number of hydrogen-bond donors (Lipinski definition) is 2. The Balaban J connectivity index is 2.21. The Morgan fingerprint density at radius 1 is 1.56 bits per heavy atom. The Hall–Kier alpha value is -2.37. The van der Waals surface area contributed by atoms with Gasteiger partial charge in [0.25, 0.3) is 0 Å². The van der Waals surface area contributed by atoms with Gasteiger partial charge in [-0.1, -0.05) is 0 Å². The predicted molar refractivity (Wildman–Crippen MR) is 66.2 cm³/mol. The van der Waals surface area contributed by atoms with E-state index < -0.39 is 5.97 Å². The SMILES string of the molecule is COC(=O)c1cccnc1NC(C)c1cn[nH]c1. The number of hydrogen-bond acceptors (Lipinski definition) is 5. The van der Waals surface area contributed by atoms with E-state index in [0.717, 1.165) is 5.56 Å². The Morgan fingerprint density at radius 2 is 2.39 bits per heavy atom. The predicted octanol–water partition coefficient (Wildman–Crippen LogP) is 1.76. The Bertz CT molecular complexity index is 525. The van der Waals surface area contributed by atoms with Crippen molar-refractivity contribution in [1.29, 1.82) is 0 Å². The van der Waals surface area contributed by atoms with Crippen molar-refractivity contribution in [2.45, 2.75) is 13.0 Å². The lowest BCUT2D eigenvalue weighted by Crippen LogP contribution is -2.12. The van der Waals surface area contributed by atoms with Crippen LogP contribution in [0.2, 0.25) is 0 Å². The molecule has 0 fully saturated rings. The first-order chi connectivity index (χ1) is 8.72. The quantitative estimate of drug-likeness (QED) is 0.803. The maximum Gasteiger partial charge on any atom is 0.341 e. The summed E-state index contributed by atoms with van der Waals surface area (Å²) in [6.45, 7) is 1.96. The molecule has 0 saturated carbocycles. The van der Waals surface area contributed by atoms with Crippen molar-refractivity contribution in [2.24, 2.45) is 0 Å². The van der Waals surface area contributed by atoms with Crippen LogP contribution in [0.5, 0.6) is 0 Å². The van der Waals surface area contributed by atoms with Crippen LogP contribution in [0.15, 0.2) is 30.7 Å². The van der Waals surface area contributed by atoms with Crippen LogP contribution in [-0.4, -0.2) is 28.3 Å². The molecular formula is C12H14N4O2. The first-order valence-electron chi connectivity index (χ1n) is 5.51. The largest absolute Gasteiger partial charge is 0.465 e. The van der Waals surface area contributed by atoms with Gasteiger partial charge in [-0.15, -0.1) is 0 Å². The number of aromatic amines is 1. The van der Waals surface area contributed by atoms with Gasteiger partial charge in [-0.3, -0.25) is 5.10 Å². The molecule has 18 heavy (non-hydrogen) atoms. The number of esters is 1. The molecule has 0 aliphatic heterocycles. The van der Waals surface area contributed by atoms with E-state index in [-0.39, 0.29) is 6.04 Å². The number of ether oxygens (including phenoxy) is 1. The summed E-state index contributed by atoms with van der Waals surface area (Å²) in [5, 5.41) is 9.78. The van der Waals surface area contributed by atoms with Crippen molar-refractivity contribution >= 4 is 11.8 Å². The molecule has 2 N–H and O–H groups in total. The van der Waals surface area contributed by atoms with E-state index in [9.17, 15) is 4.79 Å². The third kappa shape index (κ3) is 2.48. The lowest BCUT2D eigenvalue weighted by molar-refractivity contribution is 0.0601. The van der Waals surface area contributed by atoms with Crippen LogP contribution in [0.1, 0.15) is 28.9 Å². The van der Waals surface area contributed by atoms with Gasteiger partial charge in [-0.2, -0.15) is 5.10 Å². The second kappa shape index (κ2) is 5.31. The van der Waals surface area contributed by atoms with E-state index in [1.807, 2.05) is 6.92 Å². The summed E-state index contributed by atoms with van der Waals surface area (Å²) >= 11 is 0. The van der Waals surface area contributed by atoms with Crippen LogP contribution in [0.3, 0.4) is 0 Å². The molecule has 6 heteroatoms. The van der Waals surface area contributed by atoms with Crippen molar-refractivity contribution in [2.75, 3.05) is 12.4 Å². The highest BCUT2D eigenvalue weighted by Crippen LogP contribution is 2.20. The topological polar surface area (TPSA) is 79.9 Å². The number of nitrogens with zero attached hydrogens (tertiary/aromatic N) is 2. The number of methoxy groups -OCH3 is 1. The van der Waals surface area contributed by atoms with Gasteiger partial charge < -0.3 is 10.1 Å². The Morgan fingerprint density at radius 3 is 3.06 bits per heavy atom. The number of carbonyl (C=O) groups excluding carboxylic acids is 1. The molecular weight excluding hydrogens is 232 g/mol. The number of H-pyrrole nitrogens is 1. The molecule has 0 aromatic carbocycles. The number of nitrogens with one attached hydrogen (secondary N) is 2. The summed E-state index contributed by atoms with van der Waals surface area (Å²) in [4.78, 5) is 15.7. The van der Waals surface area contributed by atoms with E-state index in [1.54, 1.807) is 30.7 Å². The van der Waals surface area contributed by atoms with Gasteiger partial charge in [0.05, 0.1) is 19.3 Å². The van der Waals surface area contributed by atoms with Crippen LogP contribution in [-0.2, 0) is 4.74 Å². The van der Waals surface area contributed by atoms with Crippen LogP contribution in [0.4, 0.5) is 5.82 Å². The molecule has 0 bridgehead atoms. The smallest absolute Gasteiger partial charge is 0.341 e. The minimum absolute atomic E-state index is 0.0120. The van der Waals surface area contributed by atoms with Gasteiger partial charge in [-0.05, 0) is 19.1 Å².